The molecule has 3 N–H and O–H groups in total. The van der Waals surface area contributed by atoms with E-state index in [9.17, 15) is 0 Å². The first kappa shape index (κ1) is 14.5. The molecule has 1 heterocycles. The SMILES string of the molecule is CC(C)Oc1nc(N)nc(NCc2cccc(C#N)c2)n1. The van der Waals surface area contributed by atoms with Crippen LogP contribution in [0, 0.1) is 11.3 Å². The average Bonchev–Trinajstić information content (AvgIpc) is 2.44. The van der Waals surface area contributed by atoms with Gasteiger partial charge in [-0.15, -0.1) is 0 Å². The number of nitriles is 1. The van der Waals surface area contributed by atoms with Gasteiger partial charge in [0.2, 0.25) is 11.9 Å². The summed E-state index contributed by atoms with van der Waals surface area (Å²) in [6.07, 6.45) is -0.0491. The Balaban J connectivity index is 2.09. The van der Waals surface area contributed by atoms with Gasteiger partial charge in [-0.2, -0.15) is 20.2 Å². The van der Waals surface area contributed by atoms with E-state index in [2.05, 4.69) is 26.3 Å². The van der Waals surface area contributed by atoms with Gasteiger partial charge in [0, 0.05) is 6.54 Å². The molecule has 108 valence electrons. The first-order valence-corrected chi connectivity index (χ1v) is 6.48. The van der Waals surface area contributed by atoms with Gasteiger partial charge in [-0.1, -0.05) is 12.1 Å². The molecule has 21 heavy (non-hydrogen) atoms. The highest BCUT2D eigenvalue weighted by Gasteiger charge is 2.07. The van der Waals surface area contributed by atoms with Crippen LogP contribution in [0.4, 0.5) is 11.9 Å². The molecule has 0 aliphatic carbocycles. The van der Waals surface area contributed by atoms with Gasteiger partial charge in [-0.05, 0) is 31.5 Å². The molecule has 0 saturated heterocycles. The number of nitrogens with zero attached hydrogens (tertiary/aromatic N) is 4. The van der Waals surface area contributed by atoms with Gasteiger partial charge in [0.05, 0.1) is 17.7 Å². The van der Waals surface area contributed by atoms with Crippen molar-refractivity contribution in [3.8, 4) is 12.1 Å². The molecule has 0 saturated carbocycles. The maximum Gasteiger partial charge on any atom is 0.323 e. The van der Waals surface area contributed by atoms with Crippen LogP contribution in [-0.2, 0) is 6.54 Å². The van der Waals surface area contributed by atoms with Crippen LogP contribution in [0.15, 0.2) is 24.3 Å². The van der Waals surface area contributed by atoms with Crippen LogP contribution >= 0.6 is 0 Å². The third-order valence-corrected chi connectivity index (χ3v) is 2.48. The van der Waals surface area contributed by atoms with Crippen LogP contribution in [0.1, 0.15) is 25.0 Å². The number of ether oxygens (including phenoxy) is 1. The molecule has 0 radical (unpaired) electrons. The molecule has 0 spiro atoms. The third kappa shape index (κ3) is 4.31. The fourth-order valence-corrected chi connectivity index (χ4v) is 1.65. The van der Waals surface area contributed by atoms with Crippen molar-refractivity contribution in [2.45, 2.75) is 26.5 Å². The zero-order valence-electron chi connectivity index (χ0n) is 11.9. The van der Waals surface area contributed by atoms with Crippen LogP contribution in [0.2, 0.25) is 0 Å². The Bertz CT molecular complexity index is 665. The van der Waals surface area contributed by atoms with Crippen molar-refractivity contribution in [3.05, 3.63) is 35.4 Å². The van der Waals surface area contributed by atoms with Crippen molar-refractivity contribution >= 4 is 11.9 Å². The second-order valence-electron chi connectivity index (χ2n) is 4.63. The van der Waals surface area contributed by atoms with Crippen LogP contribution in [0.5, 0.6) is 6.01 Å². The van der Waals surface area contributed by atoms with Gasteiger partial charge in [0.25, 0.3) is 0 Å². The second-order valence-corrected chi connectivity index (χ2v) is 4.63. The summed E-state index contributed by atoms with van der Waals surface area (Å²) in [5, 5.41) is 11.9. The molecule has 0 fully saturated rings. The monoisotopic (exact) mass is 284 g/mol. The van der Waals surface area contributed by atoms with E-state index in [1.807, 2.05) is 26.0 Å². The van der Waals surface area contributed by atoms with E-state index in [0.29, 0.717) is 18.1 Å². The Kier molecular flexibility index (Phi) is 4.51. The van der Waals surface area contributed by atoms with E-state index in [1.165, 1.54) is 0 Å². The molecule has 0 bridgehead atoms. The highest BCUT2D eigenvalue weighted by Crippen LogP contribution is 2.12. The zero-order chi connectivity index (χ0) is 15.2. The summed E-state index contributed by atoms with van der Waals surface area (Å²) >= 11 is 0. The quantitative estimate of drug-likeness (QED) is 0.860. The van der Waals surface area contributed by atoms with E-state index in [0.717, 1.165) is 5.56 Å². The van der Waals surface area contributed by atoms with Crippen LogP contribution < -0.4 is 15.8 Å². The van der Waals surface area contributed by atoms with E-state index >= 15 is 0 Å². The number of benzene rings is 1. The molecule has 1 aromatic carbocycles. The lowest BCUT2D eigenvalue weighted by molar-refractivity contribution is 0.222. The van der Waals surface area contributed by atoms with Crippen molar-refractivity contribution in [1.82, 2.24) is 15.0 Å². The number of aromatic nitrogens is 3. The van der Waals surface area contributed by atoms with Gasteiger partial charge in [0.15, 0.2) is 0 Å². The summed E-state index contributed by atoms with van der Waals surface area (Å²) in [5.74, 6) is 0.425. The van der Waals surface area contributed by atoms with Crippen LogP contribution in [-0.4, -0.2) is 21.1 Å². The normalized spacial score (nSPS) is 10.2. The minimum Gasteiger partial charge on any atom is -0.461 e. The topological polar surface area (TPSA) is 110 Å². The smallest absolute Gasteiger partial charge is 0.323 e. The maximum absolute atomic E-state index is 8.87. The van der Waals surface area contributed by atoms with Gasteiger partial charge in [0.1, 0.15) is 0 Å². The predicted molar refractivity (Wildman–Crippen MR) is 78.5 cm³/mol. The van der Waals surface area contributed by atoms with E-state index in [4.69, 9.17) is 15.7 Å². The molecule has 0 aliphatic rings. The lowest BCUT2D eigenvalue weighted by Crippen LogP contribution is -2.13. The second kappa shape index (κ2) is 6.52. The van der Waals surface area contributed by atoms with Crippen molar-refractivity contribution < 1.29 is 4.74 Å². The maximum atomic E-state index is 8.87. The number of nitrogen functional groups attached to an aromatic ring is 1. The lowest BCUT2D eigenvalue weighted by atomic mass is 10.1. The van der Waals surface area contributed by atoms with Gasteiger partial charge < -0.3 is 15.8 Å². The minimum absolute atomic E-state index is 0.0491. The number of rotatable bonds is 5. The third-order valence-electron chi connectivity index (χ3n) is 2.48. The van der Waals surface area contributed by atoms with Crippen LogP contribution in [0.25, 0.3) is 0 Å². The summed E-state index contributed by atoms with van der Waals surface area (Å²) < 4.78 is 5.40. The molecule has 7 heteroatoms. The van der Waals surface area contributed by atoms with Gasteiger partial charge in [-0.3, -0.25) is 0 Å². The molecular formula is C14H16N6O. The average molecular weight is 284 g/mol. The first-order chi connectivity index (χ1) is 10.1. The zero-order valence-corrected chi connectivity index (χ0v) is 11.9. The molecule has 0 atom stereocenters. The fourth-order valence-electron chi connectivity index (χ4n) is 1.65. The lowest BCUT2D eigenvalue weighted by Gasteiger charge is -2.10. The summed E-state index contributed by atoms with van der Waals surface area (Å²) in [7, 11) is 0. The van der Waals surface area contributed by atoms with Crippen molar-refractivity contribution in [2.24, 2.45) is 0 Å². The molecule has 2 aromatic rings. The Labute approximate surface area is 122 Å². The number of anilines is 2. The number of hydrogen-bond donors (Lipinski definition) is 2. The number of nitrogens with two attached hydrogens (primary N) is 1. The summed E-state index contributed by atoms with van der Waals surface area (Å²) in [6, 6.07) is 9.56. The number of nitrogens with one attached hydrogen (secondary N) is 1. The van der Waals surface area contributed by atoms with Gasteiger partial charge >= 0.3 is 6.01 Å². The highest BCUT2D eigenvalue weighted by molar-refractivity contribution is 5.37. The molecule has 0 unspecified atom stereocenters. The standard InChI is InChI=1S/C14H16N6O/c1-9(2)21-14-19-12(16)18-13(20-14)17-8-11-5-3-4-10(6-11)7-15/h3-6,9H,8H2,1-2H3,(H3,16,17,18,19,20). The molecule has 7 nitrogen and oxygen atoms in total. The van der Waals surface area contributed by atoms with E-state index in [-0.39, 0.29) is 18.1 Å². The fraction of sp³-hybridized carbons (Fsp3) is 0.286. The van der Waals surface area contributed by atoms with E-state index in [1.54, 1.807) is 12.1 Å². The Morgan fingerprint density at radius 1 is 1.33 bits per heavy atom. The summed E-state index contributed by atoms with van der Waals surface area (Å²) in [4.78, 5) is 12.0. The minimum atomic E-state index is -0.0491. The molecule has 1 aromatic heterocycles. The van der Waals surface area contributed by atoms with E-state index < -0.39 is 0 Å². The molecule has 0 aliphatic heterocycles. The van der Waals surface area contributed by atoms with Crippen LogP contribution in [0.3, 0.4) is 0 Å². The van der Waals surface area contributed by atoms with Crippen molar-refractivity contribution in [1.29, 1.82) is 5.26 Å². The molecule has 0 amide bonds. The predicted octanol–water partition coefficient (Wildman–Crippen LogP) is 1.72. The van der Waals surface area contributed by atoms with Gasteiger partial charge in [-0.25, -0.2) is 0 Å². The first-order valence-electron chi connectivity index (χ1n) is 6.48. The Hall–Kier alpha value is -2.88. The highest BCUT2D eigenvalue weighted by atomic mass is 16.5. The molecular weight excluding hydrogens is 268 g/mol. The molecule has 2 rings (SSSR count). The Morgan fingerprint density at radius 3 is 2.86 bits per heavy atom. The summed E-state index contributed by atoms with van der Waals surface area (Å²) in [5.41, 5.74) is 7.17. The Morgan fingerprint density at radius 2 is 2.14 bits per heavy atom. The summed E-state index contributed by atoms with van der Waals surface area (Å²) in [6.45, 7) is 4.22. The number of hydrogen-bond acceptors (Lipinski definition) is 7. The largest absolute Gasteiger partial charge is 0.461 e. The van der Waals surface area contributed by atoms with Crippen molar-refractivity contribution in [3.63, 3.8) is 0 Å². The van der Waals surface area contributed by atoms with Crippen molar-refractivity contribution in [2.75, 3.05) is 11.1 Å².